The van der Waals surface area contributed by atoms with Crippen molar-refractivity contribution in [3.05, 3.63) is 0 Å². The van der Waals surface area contributed by atoms with Gasteiger partial charge in [0.1, 0.15) is 5.78 Å². The third-order valence-electron chi connectivity index (χ3n) is 4.70. The molecule has 1 aliphatic heterocycles. The Morgan fingerprint density at radius 1 is 1.00 bits per heavy atom. The highest BCUT2D eigenvalue weighted by Crippen LogP contribution is 2.41. The molecule has 2 nitrogen and oxygen atoms in total. The van der Waals surface area contributed by atoms with E-state index in [1.54, 1.807) is 0 Å². The van der Waals surface area contributed by atoms with Crippen LogP contribution in [-0.4, -0.2) is 28.8 Å². The number of piperidine rings is 1. The molecule has 2 unspecified atom stereocenters. The monoisotopic (exact) mass is 197 g/mol. The van der Waals surface area contributed by atoms with Gasteiger partial charge in [-0.1, -0.05) is 13.8 Å². The molecule has 0 amide bonds. The lowest BCUT2D eigenvalue weighted by Gasteiger charge is -2.56. The first-order valence-electron chi connectivity index (χ1n) is 5.41. The van der Waals surface area contributed by atoms with E-state index < -0.39 is 0 Å². The lowest BCUT2D eigenvalue weighted by atomic mass is 9.67. The van der Waals surface area contributed by atoms with Gasteiger partial charge in [0.15, 0.2) is 0 Å². The standard InChI is InChI=1S/C12H23NO/c1-8-10(14)9(2)12(5,6)13(7)11(8,3)4/h8-9H,1-7H3. The number of rotatable bonds is 0. The quantitative estimate of drug-likeness (QED) is 0.594. The summed E-state index contributed by atoms with van der Waals surface area (Å²) in [5.74, 6) is 0.643. The van der Waals surface area contributed by atoms with Gasteiger partial charge in [0.05, 0.1) is 0 Å². The summed E-state index contributed by atoms with van der Waals surface area (Å²) in [7, 11) is 2.12. The Balaban J connectivity index is 3.15. The summed E-state index contributed by atoms with van der Waals surface area (Å²) in [6, 6.07) is 0. The number of likely N-dealkylation sites (tertiary alicyclic amines) is 1. The molecule has 2 heteroatoms. The van der Waals surface area contributed by atoms with Crippen LogP contribution in [0.25, 0.3) is 0 Å². The molecule has 1 aliphatic rings. The van der Waals surface area contributed by atoms with Gasteiger partial charge in [-0.3, -0.25) is 9.69 Å². The number of carbonyl (C=O) groups excluding carboxylic acids is 1. The fourth-order valence-corrected chi connectivity index (χ4v) is 2.39. The van der Waals surface area contributed by atoms with Crippen LogP contribution < -0.4 is 0 Å². The summed E-state index contributed by atoms with van der Waals surface area (Å²) >= 11 is 0. The summed E-state index contributed by atoms with van der Waals surface area (Å²) < 4.78 is 0. The first-order chi connectivity index (χ1) is 6.13. The predicted octanol–water partition coefficient (Wildman–Crippen LogP) is 2.33. The van der Waals surface area contributed by atoms with E-state index in [0.717, 1.165) is 0 Å². The Labute approximate surface area is 87.7 Å². The van der Waals surface area contributed by atoms with E-state index in [0.29, 0.717) is 5.78 Å². The van der Waals surface area contributed by atoms with E-state index in [9.17, 15) is 4.79 Å². The van der Waals surface area contributed by atoms with E-state index >= 15 is 0 Å². The average molecular weight is 197 g/mol. The lowest BCUT2D eigenvalue weighted by molar-refractivity contribution is -0.149. The van der Waals surface area contributed by atoms with Crippen LogP contribution in [0.15, 0.2) is 0 Å². The van der Waals surface area contributed by atoms with Gasteiger partial charge in [-0.05, 0) is 34.7 Å². The second kappa shape index (κ2) is 3.06. The fourth-order valence-electron chi connectivity index (χ4n) is 2.39. The Hall–Kier alpha value is -0.370. The molecule has 0 aromatic rings. The molecular formula is C12H23NO. The molecule has 0 bridgehead atoms. The van der Waals surface area contributed by atoms with Crippen molar-refractivity contribution in [1.29, 1.82) is 0 Å². The van der Waals surface area contributed by atoms with Gasteiger partial charge in [-0.15, -0.1) is 0 Å². The second-order valence-electron chi connectivity index (χ2n) is 5.71. The molecule has 1 heterocycles. The third-order valence-corrected chi connectivity index (χ3v) is 4.70. The number of nitrogens with zero attached hydrogens (tertiary/aromatic N) is 1. The van der Waals surface area contributed by atoms with Crippen LogP contribution in [0.5, 0.6) is 0 Å². The van der Waals surface area contributed by atoms with Crippen molar-refractivity contribution < 1.29 is 4.79 Å². The molecule has 14 heavy (non-hydrogen) atoms. The molecule has 1 saturated heterocycles. The molecule has 0 saturated carbocycles. The minimum atomic E-state index is -0.0346. The van der Waals surface area contributed by atoms with Crippen LogP contribution in [0, 0.1) is 11.8 Å². The van der Waals surface area contributed by atoms with Gasteiger partial charge in [0, 0.05) is 22.9 Å². The number of ketones is 1. The second-order valence-corrected chi connectivity index (χ2v) is 5.71. The molecule has 0 aliphatic carbocycles. The average Bonchev–Trinajstić information content (AvgIpc) is 2.11. The maximum Gasteiger partial charge on any atom is 0.142 e. The Bertz CT molecular complexity index is 231. The van der Waals surface area contributed by atoms with E-state index in [2.05, 4.69) is 39.6 Å². The maximum absolute atomic E-state index is 12.1. The van der Waals surface area contributed by atoms with E-state index in [-0.39, 0.29) is 22.9 Å². The van der Waals surface area contributed by atoms with Crippen molar-refractivity contribution in [3.8, 4) is 0 Å². The SMILES string of the molecule is CC1C(=O)C(C)C(C)(C)N(C)C1(C)C. The zero-order valence-electron chi connectivity index (χ0n) is 10.5. The highest BCUT2D eigenvalue weighted by Gasteiger charge is 2.51. The predicted molar refractivity (Wildman–Crippen MR) is 59.3 cm³/mol. The minimum absolute atomic E-state index is 0.0346. The number of Topliss-reactive ketones (excluding diaryl/α,β-unsaturated/α-hetero) is 1. The summed E-state index contributed by atoms with van der Waals surface area (Å²) in [6.07, 6.45) is 0. The first kappa shape index (κ1) is 11.7. The smallest absolute Gasteiger partial charge is 0.142 e. The van der Waals surface area contributed by atoms with Crippen LogP contribution in [0.3, 0.4) is 0 Å². The van der Waals surface area contributed by atoms with Crippen molar-refractivity contribution in [3.63, 3.8) is 0 Å². The van der Waals surface area contributed by atoms with E-state index in [1.165, 1.54) is 0 Å². The van der Waals surface area contributed by atoms with E-state index in [1.807, 2.05) is 13.8 Å². The summed E-state index contributed by atoms with van der Waals surface area (Å²) in [5, 5.41) is 0. The van der Waals surface area contributed by atoms with Crippen LogP contribution in [-0.2, 0) is 4.79 Å². The molecule has 0 aromatic carbocycles. The molecular weight excluding hydrogens is 174 g/mol. The molecule has 0 N–H and O–H groups in total. The highest BCUT2D eigenvalue weighted by molar-refractivity contribution is 5.86. The molecule has 2 atom stereocenters. The minimum Gasteiger partial charge on any atom is -0.299 e. The molecule has 0 aromatic heterocycles. The number of hydrogen-bond acceptors (Lipinski definition) is 2. The van der Waals surface area contributed by atoms with Gasteiger partial charge >= 0.3 is 0 Å². The van der Waals surface area contributed by atoms with Crippen molar-refractivity contribution in [2.75, 3.05) is 7.05 Å². The normalized spacial score (nSPS) is 37.2. The highest BCUT2D eigenvalue weighted by atomic mass is 16.1. The Morgan fingerprint density at radius 3 is 1.57 bits per heavy atom. The summed E-state index contributed by atoms with van der Waals surface area (Å²) in [6.45, 7) is 12.7. The number of carbonyl (C=O) groups is 1. The molecule has 1 rings (SSSR count). The van der Waals surface area contributed by atoms with Crippen LogP contribution in [0.2, 0.25) is 0 Å². The van der Waals surface area contributed by atoms with E-state index in [4.69, 9.17) is 0 Å². The van der Waals surface area contributed by atoms with Crippen molar-refractivity contribution in [2.24, 2.45) is 11.8 Å². The Kier molecular flexibility index (Phi) is 2.56. The van der Waals surface area contributed by atoms with Crippen molar-refractivity contribution in [2.45, 2.75) is 52.6 Å². The third kappa shape index (κ3) is 1.31. The zero-order chi connectivity index (χ0) is 11.3. The first-order valence-corrected chi connectivity index (χ1v) is 5.41. The summed E-state index contributed by atoms with van der Waals surface area (Å²) in [4.78, 5) is 14.4. The topological polar surface area (TPSA) is 20.3 Å². The van der Waals surface area contributed by atoms with Gasteiger partial charge < -0.3 is 0 Å². The van der Waals surface area contributed by atoms with Crippen LogP contribution in [0.4, 0.5) is 0 Å². The fraction of sp³-hybridized carbons (Fsp3) is 0.917. The number of hydrogen-bond donors (Lipinski definition) is 0. The summed E-state index contributed by atoms with van der Waals surface area (Å²) in [5.41, 5.74) is -0.0693. The van der Waals surface area contributed by atoms with Crippen molar-refractivity contribution in [1.82, 2.24) is 4.90 Å². The van der Waals surface area contributed by atoms with Gasteiger partial charge in [0.2, 0.25) is 0 Å². The zero-order valence-corrected chi connectivity index (χ0v) is 10.5. The van der Waals surface area contributed by atoms with Gasteiger partial charge in [0.25, 0.3) is 0 Å². The molecule has 82 valence electrons. The lowest BCUT2D eigenvalue weighted by Crippen LogP contribution is -2.66. The van der Waals surface area contributed by atoms with Crippen LogP contribution in [0.1, 0.15) is 41.5 Å². The van der Waals surface area contributed by atoms with Gasteiger partial charge in [-0.25, -0.2) is 0 Å². The Morgan fingerprint density at radius 2 is 1.29 bits per heavy atom. The van der Waals surface area contributed by atoms with Crippen molar-refractivity contribution >= 4 is 5.78 Å². The maximum atomic E-state index is 12.1. The molecule has 0 spiro atoms. The van der Waals surface area contributed by atoms with Crippen LogP contribution >= 0.6 is 0 Å². The van der Waals surface area contributed by atoms with Gasteiger partial charge in [-0.2, -0.15) is 0 Å². The molecule has 0 radical (unpaired) electrons. The largest absolute Gasteiger partial charge is 0.299 e. The molecule has 1 fully saturated rings.